The molecule has 8 N–H and O–H groups in total. The molecule has 0 radical (unpaired) electrons. The molecule has 39 heavy (non-hydrogen) atoms. The Bertz CT molecular complexity index is 943. The summed E-state index contributed by atoms with van der Waals surface area (Å²) in [7, 11) is 0. The Kier molecular flexibility index (Phi) is 9.64. The van der Waals surface area contributed by atoms with E-state index in [1.54, 1.807) is 27.7 Å². The van der Waals surface area contributed by atoms with Gasteiger partial charge in [0.2, 0.25) is 23.8 Å². The standard InChI is InChI=1S/C25H42N10O4/c1-12(36)8-26-22-30-20(31-23(34-22)27-9-13(2)37)18-6-17-5-16(18)7-19(17)21-32-24(28-10-14(3)38)35-25(33-21)29-11-15(4)39/h12-19,36-39H,5-11H2,1-4H3,(H2,26,27,30,31,34)(H2,28,29,32,33,35). The summed E-state index contributed by atoms with van der Waals surface area (Å²) < 4.78 is 0. The first kappa shape index (κ1) is 29.1. The molecular weight excluding hydrogens is 504 g/mol. The Hall–Kier alpha value is -2.94. The van der Waals surface area contributed by atoms with Gasteiger partial charge in [0.1, 0.15) is 11.6 Å². The van der Waals surface area contributed by atoms with Gasteiger partial charge in [-0.25, -0.2) is 0 Å². The molecule has 4 rings (SSSR count). The lowest BCUT2D eigenvalue weighted by Crippen LogP contribution is -2.24. The summed E-state index contributed by atoms with van der Waals surface area (Å²) in [6.45, 7) is 8.02. The summed E-state index contributed by atoms with van der Waals surface area (Å²) in [6.07, 6.45) is 0.551. The molecule has 216 valence electrons. The highest BCUT2D eigenvalue weighted by Crippen LogP contribution is 2.58. The zero-order chi connectivity index (χ0) is 28.1. The largest absolute Gasteiger partial charge is 0.392 e. The van der Waals surface area contributed by atoms with Crippen molar-refractivity contribution in [1.29, 1.82) is 0 Å². The lowest BCUT2D eigenvalue weighted by Gasteiger charge is -2.27. The SMILES string of the molecule is CC(O)CNc1nc(NCC(C)O)nc(C2CC3CC2CC3c2nc(NCC(C)O)nc(NCC(C)O)n2)n1. The summed E-state index contributed by atoms with van der Waals surface area (Å²) in [5.74, 6) is 3.97. The number of nitrogens with zero attached hydrogens (tertiary/aromatic N) is 6. The second kappa shape index (κ2) is 12.9. The number of nitrogens with one attached hydrogen (secondary N) is 4. The summed E-state index contributed by atoms with van der Waals surface area (Å²) in [5, 5.41) is 51.1. The molecule has 2 fully saturated rings. The van der Waals surface area contributed by atoms with Crippen molar-refractivity contribution in [1.82, 2.24) is 29.9 Å². The van der Waals surface area contributed by atoms with Crippen LogP contribution in [-0.4, -0.2) is 101 Å². The van der Waals surface area contributed by atoms with Crippen molar-refractivity contribution < 1.29 is 20.4 Å². The number of fused-ring (bicyclic) bond motifs is 2. The van der Waals surface area contributed by atoms with Gasteiger partial charge < -0.3 is 41.7 Å². The van der Waals surface area contributed by atoms with E-state index < -0.39 is 24.4 Å². The fourth-order valence-corrected chi connectivity index (χ4v) is 5.30. The molecule has 0 aliphatic heterocycles. The zero-order valence-electron chi connectivity index (χ0n) is 23.0. The van der Waals surface area contributed by atoms with Crippen molar-refractivity contribution in [2.75, 3.05) is 47.4 Å². The molecule has 2 saturated carbocycles. The fraction of sp³-hybridized carbons (Fsp3) is 0.760. The molecule has 14 heteroatoms. The van der Waals surface area contributed by atoms with Gasteiger partial charge in [0.15, 0.2) is 0 Å². The monoisotopic (exact) mass is 546 g/mol. The Balaban J connectivity index is 1.52. The number of hydrogen-bond donors (Lipinski definition) is 8. The molecular formula is C25H42N10O4. The minimum atomic E-state index is -0.553. The van der Waals surface area contributed by atoms with E-state index in [2.05, 4.69) is 51.2 Å². The Morgan fingerprint density at radius 3 is 1.03 bits per heavy atom. The molecule has 0 aromatic carbocycles. The van der Waals surface area contributed by atoms with Crippen LogP contribution < -0.4 is 21.3 Å². The van der Waals surface area contributed by atoms with Gasteiger partial charge in [0, 0.05) is 38.0 Å². The third kappa shape index (κ3) is 8.03. The lowest BCUT2D eigenvalue weighted by atomic mass is 9.81. The lowest BCUT2D eigenvalue weighted by molar-refractivity contribution is 0.207. The number of hydrogen-bond acceptors (Lipinski definition) is 14. The molecule has 0 spiro atoms. The van der Waals surface area contributed by atoms with E-state index in [0.29, 0.717) is 73.5 Å². The van der Waals surface area contributed by atoms with E-state index in [-0.39, 0.29) is 11.8 Å². The molecule has 0 amide bonds. The Morgan fingerprint density at radius 1 is 0.513 bits per heavy atom. The van der Waals surface area contributed by atoms with E-state index in [4.69, 9.17) is 0 Å². The number of aliphatic hydroxyl groups excluding tert-OH is 4. The van der Waals surface area contributed by atoms with E-state index in [0.717, 1.165) is 19.3 Å². The molecule has 14 nitrogen and oxygen atoms in total. The van der Waals surface area contributed by atoms with Crippen molar-refractivity contribution in [3.8, 4) is 0 Å². The number of aromatic nitrogens is 6. The summed E-state index contributed by atoms with van der Waals surface area (Å²) in [4.78, 5) is 27.6. The molecule has 2 heterocycles. The van der Waals surface area contributed by atoms with Crippen LogP contribution in [0.3, 0.4) is 0 Å². The van der Waals surface area contributed by atoms with Gasteiger partial charge in [-0.1, -0.05) is 0 Å². The quantitative estimate of drug-likeness (QED) is 0.163. The predicted molar refractivity (Wildman–Crippen MR) is 147 cm³/mol. The van der Waals surface area contributed by atoms with Crippen LogP contribution in [0.15, 0.2) is 0 Å². The van der Waals surface area contributed by atoms with Crippen LogP contribution in [-0.2, 0) is 0 Å². The van der Waals surface area contributed by atoms with Gasteiger partial charge in [0.05, 0.1) is 24.4 Å². The smallest absolute Gasteiger partial charge is 0.227 e. The molecule has 2 bridgehead atoms. The number of anilines is 4. The van der Waals surface area contributed by atoms with Crippen LogP contribution in [0.5, 0.6) is 0 Å². The third-order valence-corrected chi connectivity index (χ3v) is 7.05. The molecule has 2 aromatic rings. The number of rotatable bonds is 14. The summed E-state index contributed by atoms with van der Waals surface area (Å²) >= 11 is 0. The molecule has 2 aromatic heterocycles. The zero-order valence-corrected chi connectivity index (χ0v) is 23.0. The first-order valence-electron chi connectivity index (χ1n) is 13.8. The van der Waals surface area contributed by atoms with Gasteiger partial charge >= 0.3 is 0 Å². The fourth-order valence-electron chi connectivity index (χ4n) is 5.30. The van der Waals surface area contributed by atoms with Crippen LogP contribution in [0.4, 0.5) is 23.8 Å². The average Bonchev–Trinajstić information content (AvgIpc) is 3.50. The first-order valence-corrected chi connectivity index (χ1v) is 13.8. The van der Waals surface area contributed by atoms with Gasteiger partial charge in [0.25, 0.3) is 0 Å². The van der Waals surface area contributed by atoms with E-state index in [1.165, 1.54) is 0 Å². The molecule has 0 saturated heterocycles. The van der Waals surface area contributed by atoms with E-state index in [1.807, 2.05) is 0 Å². The van der Waals surface area contributed by atoms with Gasteiger partial charge in [-0.15, -0.1) is 0 Å². The molecule has 8 unspecified atom stereocenters. The second-order valence-electron chi connectivity index (χ2n) is 11.0. The van der Waals surface area contributed by atoms with Crippen molar-refractivity contribution in [2.45, 2.75) is 83.2 Å². The maximum Gasteiger partial charge on any atom is 0.227 e. The topological polar surface area (TPSA) is 206 Å². The maximum atomic E-state index is 9.69. The minimum absolute atomic E-state index is 0.149. The van der Waals surface area contributed by atoms with Crippen molar-refractivity contribution in [2.24, 2.45) is 11.8 Å². The van der Waals surface area contributed by atoms with Crippen LogP contribution >= 0.6 is 0 Å². The average molecular weight is 547 g/mol. The van der Waals surface area contributed by atoms with E-state index >= 15 is 0 Å². The van der Waals surface area contributed by atoms with Crippen LogP contribution in [0.2, 0.25) is 0 Å². The highest BCUT2D eigenvalue weighted by molar-refractivity contribution is 5.38. The minimum Gasteiger partial charge on any atom is -0.392 e. The Labute approximate surface area is 228 Å². The van der Waals surface area contributed by atoms with Gasteiger partial charge in [-0.05, 0) is 58.8 Å². The van der Waals surface area contributed by atoms with Crippen LogP contribution in [0.25, 0.3) is 0 Å². The van der Waals surface area contributed by atoms with Crippen LogP contribution in [0.1, 0.15) is 70.4 Å². The van der Waals surface area contributed by atoms with Crippen molar-refractivity contribution >= 4 is 23.8 Å². The summed E-state index contributed by atoms with van der Waals surface area (Å²) in [5.41, 5.74) is 0. The van der Waals surface area contributed by atoms with Crippen LogP contribution in [0, 0.1) is 11.8 Å². The normalized spacial score (nSPS) is 25.1. The highest BCUT2D eigenvalue weighted by atomic mass is 16.3. The van der Waals surface area contributed by atoms with Crippen molar-refractivity contribution in [3.63, 3.8) is 0 Å². The number of aliphatic hydroxyl groups is 4. The molecule has 2 aliphatic rings. The molecule has 2 aliphatic carbocycles. The second-order valence-corrected chi connectivity index (χ2v) is 11.0. The van der Waals surface area contributed by atoms with Gasteiger partial charge in [-0.2, -0.15) is 29.9 Å². The highest BCUT2D eigenvalue weighted by Gasteiger charge is 2.49. The molecule has 8 atom stereocenters. The Morgan fingerprint density at radius 2 is 0.795 bits per heavy atom. The van der Waals surface area contributed by atoms with Gasteiger partial charge in [-0.3, -0.25) is 0 Å². The summed E-state index contributed by atoms with van der Waals surface area (Å²) in [6, 6.07) is 0. The predicted octanol–water partition coefficient (Wildman–Crippen LogP) is 0.525. The van der Waals surface area contributed by atoms with Crippen molar-refractivity contribution in [3.05, 3.63) is 11.6 Å². The maximum absolute atomic E-state index is 9.69. The first-order chi connectivity index (χ1) is 18.6. The van der Waals surface area contributed by atoms with E-state index in [9.17, 15) is 20.4 Å². The third-order valence-electron chi connectivity index (χ3n) is 7.05.